The van der Waals surface area contributed by atoms with Crippen LogP contribution in [0.4, 0.5) is 0 Å². The standard InChI is InChI=1S/C22H18N4O2/c27-22(21-16-12-28-19-8-4-2-6-14(19)20(16)24-25-21)26-10-9-18-15(11-26)13-5-1-3-7-17(13)23-18/h1-8,23H,9-12H2,(H,24,25). The largest absolute Gasteiger partial charge is 0.488 e. The molecule has 2 aliphatic heterocycles. The number of benzene rings is 2. The predicted molar refractivity (Wildman–Crippen MR) is 105 cm³/mol. The molecule has 6 heteroatoms. The van der Waals surface area contributed by atoms with Crippen LogP contribution in [0, 0.1) is 0 Å². The number of nitrogens with one attached hydrogen (secondary N) is 2. The number of nitrogens with zero attached hydrogens (tertiary/aromatic N) is 2. The Morgan fingerprint density at radius 3 is 2.89 bits per heavy atom. The first-order chi connectivity index (χ1) is 13.8. The zero-order valence-corrected chi connectivity index (χ0v) is 15.2. The first-order valence-electron chi connectivity index (χ1n) is 9.47. The first kappa shape index (κ1) is 15.5. The van der Waals surface area contributed by atoms with E-state index in [1.807, 2.05) is 41.3 Å². The summed E-state index contributed by atoms with van der Waals surface area (Å²) in [5.74, 6) is 0.787. The number of aromatic amines is 2. The van der Waals surface area contributed by atoms with Crippen molar-refractivity contribution in [3.8, 4) is 17.0 Å². The number of amides is 1. The van der Waals surface area contributed by atoms with Crippen molar-refractivity contribution < 1.29 is 9.53 Å². The molecule has 2 aromatic carbocycles. The molecule has 2 N–H and O–H groups in total. The molecule has 0 fully saturated rings. The quantitative estimate of drug-likeness (QED) is 0.537. The predicted octanol–water partition coefficient (Wildman–Crippen LogP) is 3.65. The molecule has 0 spiro atoms. The minimum Gasteiger partial charge on any atom is -0.488 e. The normalized spacial score (nSPS) is 14.9. The van der Waals surface area contributed by atoms with Gasteiger partial charge >= 0.3 is 0 Å². The molecule has 2 aromatic heterocycles. The summed E-state index contributed by atoms with van der Waals surface area (Å²) < 4.78 is 5.85. The maximum absolute atomic E-state index is 13.3. The lowest BCUT2D eigenvalue weighted by Crippen LogP contribution is -2.36. The van der Waals surface area contributed by atoms with Gasteiger partial charge in [0.2, 0.25) is 0 Å². The van der Waals surface area contributed by atoms with Crippen LogP contribution >= 0.6 is 0 Å². The van der Waals surface area contributed by atoms with Crippen LogP contribution in [0.1, 0.15) is 27.3 Å². The second-order valence-electron chi connectivity index (χ2n) is 7.31. The van der Waals surface area contributed by atoms with Gasteiger partial charge in [0.25, 0.3) is 5.91 Å². The number of H-pyrrole nitrogens is 2. The molecule has 0 saturated heterocycles. The SMILES string of the molecule is O=C(c1[nH]nc2c1COc1ccccc1-2)N1CCc2[nH]c3ccccc3c2C1. The Bertz CT molecular complexity index is 1240. The van der Waals surface area contributed by atoms with Crippen molar-refractivity contribution >= 4 is 16.8 Å². The lowest BCUT2D eigenvalue weighted by Gasteiger charge is -2.27. The number of rotatable bonds is 1. The summed E-state index contributed by atoms with van der Waals surface area (Å²) >= 11 is 0. The number of fused-ring (bicyclic) bond motifs is 6. The summed E-state index contributed by atoms with van der Waals surface area (Å²) in [4.78, 5) is 18.7. The molecule has 2 aliphatic rings. The van der Waals surface area contributed by atoms with E-state index in [4.69, 9.17) is 4.74 Å². The monoisotopic (exact) mass is 370 g/mol. The van der Waals surface area contributed by atoms with Crippen molar-refractivity contribution in [3.05, 3.63) is 71.0 Å². The van der Waals surface area contributed by atoms with E-state index in [2.05, 4.69) is 27.3 Å². The van der Waals surface area contributed by atoms with Crippen molar-refractivity contribution in [1.29, 1.82) is 0 Å². The lowest BCUT2D eigenvalue weighted by molar-refractivity contribution is 0.0726. The van der Waals surface area contributed by atoms with Gasteiger partial charge in [-0.2, -0.15) is 5.10 Å². The maximum Gasteiger partial charge on any atom is 0.272 e. The van der Waals surface area contributed by atoms with Crippen LogP contribution in [-0.2, 0) is 19.6 Å². The van der Waals surface area contributed by atoms with Crippen molar-refractivity contribution in [2.75, 3.05) is 6.54 Å². The van der Waals surface area contributed by atoms with E-state index < -0.39 is 0 Å². The molecule has 1 amide bonds. The maximum atomic E-state index is 13.3. The van der Waals surface area contributed by atoms with E-state index in [1.54, 1.807) is 0 Å². The smallest absolute Gasteiger partial charge is 0.272 e. The van der Waals surface area contributed by atoms with E-state index in [0.717, 1.165) is 34.5 Å². The fraction of sp³-hybridized carbons (Fsp3) is 0.182. The summed E-state index contributed by atoms with van der Waals surface area (Å²) in [5, 5.41) is 8.61. The Hall–Kier alpha value is -3.54. The van der Waals surface area contributed by atoms with Crippen LogP contribution in [-0.4, -0.2) is 32.5 Å². The average molecular weight is 370 g/mol. The summed E-state index contributed by atoms with van der Waals surface area (Å²) in [6.45, 7) is 1.64. The lowest BCUT2D eigenvalue weighted by atomic mass is 10.0. The topological polar surface area (TPSA) is 74.0 Å². The fourth-order valence-corrected chi connectivity index (χ4v) is 4.34. The highest BCUT2D eigenvalue weighted by molar-refractivity contribution is 5.96. The minimum atomic E-state index is -0.0207. The molecule has 4 heterocycles. The van der Waals surface area contributed by atoms with E-state index in [9.17, 15) is 4.79 Å². The zero-order chi connectivity index (χ0) is 18.7. The van der Waals surface area contributed by atoms with Gasteiger partial charge in [0, 0.05) is 52.8 Å². The highest BCUT2D eigenvalue weighted by Crippen LogP contribution is 2.37. The van der Waals surface area contributed by atoms with Crippen LogP contribution < -0.4 is 4.74 Å². The average Bonchev–Trinajstić information content (AvgIpc) is 3.34. The number of ether oxygens (including phenoxy) is 1. The summed E-state index contributed by atoms with van der Waals surface area (Å²) in [7, 11) is 0. The molecule has 138 valence electrons. The van der Waals surface area contributed by atoms with Gasteiger partial charge in [0.15, 0.2) is 0 Å². The molecule has 6 nitrogen and oxygen atoms in total. The van der Waals surface area contributed by atoms with E-state index in [0.29, 0.717) is 25.4 Å². The number of hydrogen-bond acceptors (Lipinski definition) is 3. The van der Waals surface area contributed by atoms with E-state index in [-0.39, 0.29) is 5.91 Å². The van der Waals surface area contributed by atoms with Crippen molar-refractivity contribution in [2.24, 2.45) is 0 Å². The Morgan fingerprint density at radius 1 is 1.07 bits per heavy atom. The van der Waals surface area contributed by atoms with Gasteiger partial charge in [-0.05, 0) is 18.2 Å². The first-order valence-corrected chi connectivity index (χ1v) is 9.47. The summed E-state index contributed by atoms with van der Waals surface area (Å²) in [6.07, 6.45) is 0.825. The van der Waals surface area contributed by atoms with Gasteiger partial charge < -0.3 is 14.6 Å². The van der Waals surface area contributed by atoms with Gasteiger partial charge in [-0.1, -0.05) is 30.3 Å². The molecule has 28 heavy (non-hydrogen) atoms. The Kier molecular flexibility index (Phi) is 3.17. The zero-order valence-electron chi connectivity index (χ0n) is 15.2. The Labute approximate surface area is 161 Å². The second kappa shape index (κ2) is 5.73. The third-order valence-electron chi connectivity index (χ3n) is 5.77. The minimum absolute atomic E-state index is 0.0207. The molecule has 4 aromatic rings. The van der Waals surface area contributed by atoms with Crippen LogP contribution in [0.3, 0.4) is 0 Å². The van der Waals surface area contributed by atoms with Gasteiger partial charge in [-0.25, -0.2) is 0 Å². The molecular weight excluding hydrogens is 352 g/mol. The van der Waals surface area contributed by atoms with Crippen LogP contribution in [0.15, 0.2) is 48.5 Å². The van der Waals surface area contributed by atoms with Gasteiger partial charge in [0.05, 0.1) is 0 Å². The third kappa shape index (κ3) is 2.14. The molecular formula is C22H18N4O2. The summed E-state index contributed by atoms with van der Waals surface area (Å²) in [5.41, 5.74) is 6.69. The summed E-state index contributed by atoms with van der Waals surface area (Å²) in [6, 6.07) is 16.1. The third-order valence-corrected chi connectivity index (χ3v) is 5.77. The number of aromatic nitrogens is 3. The van der Waals surface area contributed by atoms with E-state index in [1.165, 1.54) is 16.6 Å². The van der Waals surface area contributed by atoms with Crippen LogP contribution in [0.25, 0.3) is 22.2 Å². The number of carbonyl (C=O) groups excluding carboxylic acids is 1. The van der Waals surface area contributed by atoms with Crippen LogP contribution in [0.2, 0.25) is 0 Å². The molecule has 6 rings (SSSR count). The van der Waals surface area contributed by atoms with Gasteiger partial charge in [-0.15, -0.1) is 0 Å². The highest BCUT2D eigenvalue weighted by Gasteiger charge is 2.31. The number of hydrogen-bond donors (Lipinski definition) is 2. The van der Waals surface area contributed by atoms with Crippen LogP contribution in [0.5, 0.6) is 5.75 Å². The second-order valence-corrected chi connectivity index (χ2v) is 7.31. The molecule has 0 radical (unpaired) electrons. The van der Waals surface area contributed by atoms with Crippen molar-refractivity contribution in [2.45, 2.75) is 19.6 Å². The Balaban J connectivity index is 1.36. The van der Waals surface area contributed by atoms with E-state index >= 15 is 0 Å². The highest BCUT2D eigenvalue weighted by atomic mass is 16.5. The molecule has 0 aliphatic carbocycles. The molecule has 0 atom stereocenters. The molecule has 0 unspecified atom stereocenters. The molecule has 0 bridgehead atoms. The van der Waals surface area contributed by atoms with Gasteiger partial charge in [-0.3, -0.25) is 9.89 Å². The van der Waals surface area contributed by atoms with Crippen molar-refractivity contribution in [3.63, 3.8) is 0 Å². The fourth-order valence-electron chi connectivity index (χ4n) is 4.34. The van der Waals surface area contributed by atoms with Crippen molar-refractivity contribution in [1.82, 2.24) is 20.1 Å². The molecule has 0 saturated carbocycles. The number of carbonyl (C=O) groups is 1. The Morgan fingerprint density at radius 2 is 1.93 bits per heavy atom. The number of para-hydroxylation sites is 2. The van der Waals surface area contributed by atoms with Gasteiger partial charge in [0.1, 0.15) is 23.7 Å².